The zero-order valence-corrected chi connectivity index (χ0v) is 23.6. The molecule has 5 atom stereocenters. The van der Waals surface area contributed by atoms with Crippen molar-refractivity contribution in [3.8, 4) is 0 Å². The van der Waals surface area contributed by atoms with Crippen molar-refractivity contribution in [1.82, 2.24) is 4.90 Å². The van der Waals surface area contributed by atoms with Crippen molar-refractivity contribution in [2.75, 3.05) is 39.5 Å². The topological polar surface area (TPSA) is 282 Å². The highest BCUT2D eigenvalue weighted by Crippen LogP contribution is 2.53. The minimum Gasteiger partial charge on any atom is -0.480 e. The lowest BCUT2D eigenvalue weighted by molar-refractivity contribution is -0.143. The lowest BCUT2D eigenvalue weighted by Gasteiger charge is -2.43. The maximum absolute atomic E-state index is 12.5. The Labute approximate surface area is 232 Å². The summed E-state index contributed by atoms with van der Waals surface area (Å²) in [5, 5.41) is 26.3. The van der Waals surface area contributed by atoms with Gasteiger partial charge in [0.1, 0.15) is 18.3 Å². The molecule has 0 aliphatic carbocycles. The molecule has 0 amide bonds. The van der Waals surface area contributed by atoms with Crippen molar-refractivity contribution in [2.45, 2.75) is 24.7 Å². The fourth-order valence-corrected chi connectivity index (χ4v) is 6.11. The Morgan fingerprint density at radius 3 is 1.49 bits per heavy atom. The number of phosphoric ester groups is 3. The molecule has 22 heteroatoms. The lowest BCUT2D eigenvalue weighted by Crippen LogP contribution is -2.57. The van der Waals surface area contributed by atoms with E-state index in [0.717, 1.165) is 5.56 Å². The first-order valence-corrected chi connectivity index (χ1v) is 15.8. The summed E-state index contributed by atoms with van der Waals surface area (Å²) in [4.78, 5) is 64.0. The summed E-state index contributed by atoms with van der Waals surface area (Å²) in [5.41, 5.74) is 0.831. The molecular formula is C19H28NO18P3. The van der Waals surface area contributed by atoms with Crippen molar-refractivity contribution in [2.24, 2.45) is 0 Å². The molecule has 1 aliphatic heterocycles. The molecule has 232 valence electrons. The highest BCUT2D eigenvalue weighted by molar-refractivity contribution is 7.48. The quantitative estimate of drug-likeness (QED) is 0.116. The molecule has 6 N–H and O–H groups in total. The summed E-state index contributed by atoms with van der Waals surface area (Å²) >= 11 is 0. The third-order valence-electron chi connectivity index (χ3n) is 5.01. The first-order valence-electron chi connectivity index (χ1n) is 11.4. The number of carbonyl (C=O) groups is 3. The Morgan fingerprint density at radius 2 is 1.10 bits per heavy atom. The van der Waals surface area contributed by atoms with Crippen molar-refractivity contribution >= 4 is 41.4 Å². The number of benzene rings is 1. The number of piperidine rings is 1. The largest absolute Gasteiger partial charge is 0.480 e. The second-order valence-electron chi connectivity index (χ2n) is 8.26. The SMILES string of the molecule is O=C(O)COP(=O)(O)OC1[C@H](OP(=O)(O)OCC(=O)O)CN(CCc2ccccc2)C[C@H]1OP(=O)(O)OCC(=O)O. The first kappa shape index (κ1) is 35.1. The average molecular weight is 651 g/mol. The predicted octanol–water partition coefficient (Wildman–Crippen LogP) is 0.305. The summed E-state index contributed by atoms with van der Waals surface area (Å²) in [7, 11) is -15.8. The van der Waals surface area contributed by atoms with Gasteiger partial charge in [0.25, 0.3) is 0 Å². The van der Waals surface area contributed by atoms with Gasteiger partial charge in [0.05, 0.1) is 0 Å². The fraction of sp³-hybridized carbons (Fsp3) is 0.526. The smallest absolute Gasteiger partial charge is 0.473 e. The Morgan fingerprint density at radius 1 is 0.707 bits per heavy atom. The number of carboxylic acids is 3. The molecular weight excluding hydrogens is 623 g/mol. The summed E-state index contributed by atoms with van der Waals surface area (Å²) in [6.45, 7) is -4.58. The van der Waals surface area contributed by atoms with E-state index in [1.54, 1.807) is 30.3 Å². The number of hydrogen-bond acceptors (Lipinski definition) is 13. The second kappa shape index (κ2) is 15.4. The Hall–Kier alpha value is -2.08. The molecule has 1 aromatic carbocycles. The van der Waals surface area contributed by atoms with Gasteiger partial charge in [-0.2, -0.15) is 0 Å². The van der Waals surface area contributed by atoms with Crippen molar-refractivity contribution < 1.29 is 85.2 Å². The van der Waals surface area contributed by atoms with E-state index in [4.69, 9.17) is 28.9 Å². The molecule has 1 saturated heterocycles. The molecule has 1 aliphatic rings. The Bertz CT molecular complexity index is 1150. The zero-order chi connectivity index (χ0) is 30.8. The Kier molecular flexibility index (Phi) is 13.2. The van der Waals surface area contributed by atoms with Gasteiger partial charge in [-0.05, 0) is 12.0 Å². The van der Waals surface area contributed by atoms with Crippen LogP contribution >= 0.6 is 23.5 Å². The van der Waals surface area contributed by atoms with Gasteiger partial charge in [0.2, 0.25) is 0 Å². The van der Waals surface area contributed by atoms with Crippen LogP contribution in [-0.4, -0.2) is 111 Å². The predicted molar refractivity (Wildman–Crippen MR) is 131 cm³/mol. The van der Waals surface area contributed by atoms with Gasteiger partial charge in [-0.15, -0.1) is 0 Å². The summed E-state index contributed by atoms with van der Waals surface area (Å²) in [6, 6.07) is 8.84. The number of rotatable bonds is 18. The molecule has 1 aromatic rings. The van der Waals surface area contributed by atoms with Crippen LogP contribution in [0.1, 0.15) is 5.56 Å². The summed E-state index contributed by atoms with van der Waals surface area (Å²) in [5.74, 6) is -4.98. The summed E-state index contributed by atoms with van der Waals surface area (Å²) < 4.78 is 65.4. The zero-order valence-electron chi connectivity index (χ0n) is 20.9. The molecule has 0 bridgehead atoms. The van der Waals surface area contributed by atoms with Crippen LogP contribution in [0.3, 0.4) is 0 Å². The molecule has 0 radical (unpaired) electrons. The Balaban J connectivity index is 2.41. The monoisotopic (exact) mass is 651 g/mol. The number of carboxylic acid groups (broad SMARTS) is 3. The number of hydrogen-bond donors (Lipinski definition) is 6. The van der Waals surface area contributed by atoms with Gasteiger partial charge < -0.3 is 30.0 Å². The van der Waals surface area contributed by atoms with Crippen molar-refractivity contribution in [1.29, 1.82) is 0 Å². The molecule has 1 fully saturated rings. The van der Waals surface area contributed by atoms with Gasteiger partial charge in [-0.25, -0.2) is 28.1 Å². The minimum absolute atomic E-state index is 0.139. The molecule has 1 heterocycles. The number of phosphoric acid groups is 3. The van der Waals surface area contributed by atoms with E-state index in [2.05, 4.69) is 13.6 Å². The molecule has 41 heavy (non-hydrogen) atoms. The second-order valence-corrected chi connectivity index (χ2v) is 12.5. The van der Waals surface area contributed by atoms with Crippen LogP contribution in [0.2, 0.25) is 0 Å². The van der Waals surface area contributed by atoms with Gasteiger partial charge in [0, 0.05) is 19.6 Å². The molecule has 2 rings (SSSR count). The average Bonchev–Trinajstić information content (AvgIpc) is 2.86. The van der Waals surface area contributed by atoms with Gasteiger partial charge in [-0.1, -0.05) is 30.3 Å². The van der Waals surface area contributed by atoms with E-state index in [9.17, 15) is 42.8 Å². The van der Waals surface area contributed by atoms with E-state index in [1.165, 1.54) is 4.90 Å². The fourth-order valence-electron chi connectivity index (χ4n) is 3.47. The minimum atomic E-state index is -5.34. The van der Waals surface area contributed by atoms with Crippen LogP contribution in [0.5, 0.6) is 0 Å². The van der Waals surface area contributed by atoms with Crippen LogP contribution < -0.4 is 0 Å². The van der Waals surface area contributed by atoms with Crippen LogP contribution in [0.15, 0.2) is 30.3 Å². The van der Waals surface area contributed by atoms with Gasteiger partial charge in [-0.3, -0.25) is 32.0 Å². The highest BCUT2D eigenvalue weighted by atomic mass is 31.2. The number of likely N-dealkylation sites (tertiary alicyclic amines) is 1. The normalized spacial score (nSPS) is 24.0. The van der Waals surface area contributed by atoms with Crippen LogP contribution in [-0.2, 0) is 61.6 Å². The maximum atomic E-state index is 12.5. The third-order valence-corrected chi connectivity index (χ3v) is 7.96. The van der Waals surface area contributed by atoms with Crippen LogP contribution in [0.25, 0.3) is 0 Å². The first-order chi connectivity index (χ1) is 19.0. The third kappa shape index (κ3) is 13.6. The van der Waals surface area contributed by atoms with E-state index >= 15 is 0 Å². The number of aliphatic carboxylic acids is 3. The molecule has 19 nitrogen and oxygen atoms in total. The van der Waals surface area contributed by atoms with Gasteiger partial charge >= 0.3 is 41.4 Å². The van der Waals surface area contributed by atoms with E-state index in [-0.39, 0.29) is 6.54 Å². The lowest BCUT2D eigenvalue weighted by atomic mass is 10.0. The maximum Gasteiger partial charge on any atom is 0.473 e. The molecule has 3 unspecified atom stereocenters. The van der Waals surface area contributed by atoms with Crippen LogP contribution in [0.4, 0.5) is 0 Å². The summed E-state index contributed by atoms with van der Waals surface area (Å²) in [6.07, 6.45) is -5.40. The highest BCUT2D eigenvalue weighted by Gasteiger charge is 2.49. The van der Waals surface area contributed by atoms with E-state index in [1.807, 2.05) is 0 Å². The van der Waals surface area contributed by atoms with Crippen molar-refractivity contribution in [3.63, 3.8) is 0 Å². The standard InChI is InChI=1S/C19H28NO18P3/c21-16(22)10-33-39(27,28)36-14-8-20(7-6-13-4-2-1-3-5-13)9-15(37-40(29,30)34-11-17(23)24)19(14)38-41(31,32)35-12-18(25)26/h1-5,14-15,19H,6-12H2,(H,21,22)(H,23,24)(H,25,26)(H,27,28)(H,29,30)(H,31,32)/t14-,15-/m1/s1. The molecule has 0 saturated carbocycles. The molecule has 0 aromatic heterocycles. The van der Waals surface area contributed by atoms with Crippen molar-refractivity contribution in [3.05, 3.63) is 35.9 Å². The van der Waals surface area contributed by atoms with E-state index in [0.29, 0.717) is 6.42 Å². The van der Waals surface area contributed by atoms with Gasteiger partial charge in [0.15, 0.2) is 19.8 Å². The number of nitrogens with zero attached hydrogens (tertiary/aromatic N) is 1. The molecule has 0 spiro atoms. The van der Waals surface area contributed by atoms with E-state index < -0.39 is 92.6 Å². The van der Waals surface area contributed by atoms with Crippen LogP contribution in [0, 0.1) is 0 Å².